The molecule has 1 amide bonds. The lowest BCUT2D eigenvalue weighted by atomic mass is 10.0. The molecule has 4 heteroatoms. The number of carbonyl (C=O) groups is 1. The fourth-order valence-corrected chi connectivity index (χ4v) is 3.51. The first-order valence-corrected chi connectivity index (χ1v) is 8.29. The highest BCUT2D eigenvalue weighted by Crippen LogP contribution is 2.24. The van der Waals surface area contributed by atoms with Gasteiger partial charge in [0, 0.05) is 11.4 Å². The van der Waals surface area contributed by atoms with Crippen LogP contribution in [0.5, 0.6) is 0 Å². The average molecular weight is 300 g/mol. The van der Waals surface area contributed by atoms with Crippen LogP contribution >= 0.6 is 11.3 Å². The molecule has 1 aromatic heterocycles. The number of amides is 1. The second-order valence-corrected chi connectivity index (χ2v) is 6.44. The monoisotopic (exact) mass is 300 g/mol. The Morgan fingerprint density at radius 2 is 2.14 bits per heavy atom. The summed E-state index contributed by atoms with van der Waals surface area (Å²) in [6.07, 6.45) is 1.78. The third kappa shape index (κ3) is 3.71. The Morgan fingerprint density at radius 3 is 2.81 bits per heavy atom. The summed E-state index contributed by atoms with van der Waals surface area (Å²) in [6, 6.07) is 14.6. The van der Waals surface area contributed by atoms with Crippen molar-refractivity contribution in [3.8, 4) is 0 Å². The Bertz CT molecular complexity index is 562. The van der Waals surface area contributed by atoms with Crippen LogP contribution in [-0.2, 0) is 11.2 Å². The Hall–Kier alpha value is -1.65. The number of thiophene rings is 1. The molecule has 2 heterocycles. The lowest BCUT2D eigenvalue weighted by Crippen LogP contribution is -2.35. The van der Waals surface area contributed by atoms with Gasteiger partial charge in [-0.15, -0.1) is 11.3 Å². The van der Waals surface area contributed by atoms with Crippen molar-refractivity contribution in [1.82, 2.24) is 10.6 Å². The molecule has 0 saturated carbocycles. The van der Waals surface area contributed by atoms with Gasteiger partial charge in [0.2, 0.25) is 5.91 Å². The zero-order valence-electron chi connectivity index (χ0n) is 11.9. The number of carbonyl (C=O) groups excluding carboxylic acids is 1. The van der Waals surface area contributed by atoms with Gasteiger partial charge in [-0.25, -0.2) is 0 Å². The molecule has 2 N–H and O–H groups in total. The normalized spacial score (nSPS) is 19.3. The molecule has 0 spiro atoms. The topological polar surface area (TPSA) is 41.1 Å². The van der Waals surface area contributed by atoms with Crippen molar-refractivity contribution in [2.24, 2.45) is 5.92 Å². The first-order valence-electron chi connectivity index (χ1n) is 7.41. The van der Waals surface area contributed by atoms with Crippen LogP contribution in [0.2, 0.25) is 0 Å². The largest absolute Gasteiger partial charge is 0.348 e. The Morgan fingerprint density at radius 1 is 1.29 bits per heavy atom. The predicted molar refractivity (Wildman–Crippen MR) is 86.3 cm³/mol. The minimum absolute atomic E-state index is 0.0699. The molecular formula is C17H20N2OS. The number of hydrogen-bond donors (Lipinski definition) is 2. The molecule has 0 radical (unpaired) electrons. The molecule has 21 heavy (non-hydrogen) atoms. The summed E-state index contributed by atoms with van der Waals surface area (Å²) in [5.41, 5.74) is 1.25. The van der Waals surface area contributed by atoms with Crippen LogP contribution in [0.3, 0.4) is 0 Å². The minimum atomic E-state index is 0.0699. The molecule has 2 aromatic rings. The van der Waals surface area contributed by atoms with Gasteiger partial charge in [0.25, 0.3) is 0 Å². The maximum Gasteiger partial charge on any atom is 0.224 e. The van der Waals surface area contributed by atoms with Crippen molar-refractivity contribution in [3.63, 3.8) is 0 Å². The van der Waals surface area contributed by atoms with E-state index in [-0.39, 0.29) is 17.9 Å². The Labute approximate surface area is 129 Å². The fourth-order valence-electron chi connectivity index (χ4n) is 2.73. The quantitative estimate of drug-likeness (QED) is 0.891. The molecule has 2 atom stereocenters. The molecule has 1 fully saturated rings. The van der Waals surface area contributed by atoms with E-state index in [0.29, 0.717) is 0 Å². The third-order valence-electron chi connectivity index (χ3n) is 3.92. The zero-order chi connectivity index (χ0) is 14.5. The summed E-state index contributed by atoms with van der Waals surface area (Å²) >= 11 is 1.70. The van der Waals surface area contributed by atoms with E-state index in [9.17, 15) is 4.79 Å². The van der Waals surface area contributed by atoms with Crippen molar-refractivity contribution in [1.29, 1.82) is 0 Å². The fraction of sp³-hybridized carbons (Fsp3) is 0.353. The van der Waals surface area contributed by atoms with Crippen molar-refractivity contribution in [2.75, 3.05) is 13.1 Å². The van der Waals surface area contributed by atoms with Crippen LogP contribution < -0.4 is 10.6 Å². The summed E-state index contributed by atoms with van der Waals surface area (Å²) in [4.78, 5) is 13.6. The third-order valence-corrected chi connectivity index (χ3v) is 4.90. The van der Waals surface area contributed by atoms with Gasteiger partial charge in [0.1, 0.15) is 0 Å². The first-order chi connectivity index (χ1) is 10.3. The molecule has 2 unspecified atom stereocenters. The van der Waals surface area contributed by atoms with Crippen LogP contribution in [0.4, 0.5) is 0 Å². The van der Waals surface area contributed by atoms with Gasteiger partial charge in [-0.2, -0.15) is 0 Å². The van der Waals surface area contributed by atoms with Crippen LogP contribution in [-0.4, -0.2) is 19.0 Å². The lowest BCUT2D eigenvalue weighted by Gasteiger charge is -2.20. The summed E-state index contributed by atoms with van der Waals surface area (Å²) < 4.78 is 0. The van der Waals surface area contributed by atoms with E-state index in [1.54, 1.807) is 11.3 Å². The molecule has 0 bridgehead atoms. The predicted octanol–water partition coefficient (Wildman–Crippen LogP) is 2.76. The number of benzene rings is 1. The minimum Gasteiger partial charge on any atom is -0.348 e. The molecule has 3 rings (SSSR count). The standard InChI is InChI=1S/C17H20N2OS/c20-17(14-8-9-18-12-14)19-15(16-7-4-10-21-16)11-13-5-2-1-3-6-13/h1-7,10,14-15,18H,8-9,11-12H2,(H,19,20). The summed E-state index contributed by atoms with van der Waals surface area (Å²) in [7, 11) is 0. The molecule has 3 nitrogen and oxygen atoms in total. The highest BCUT2D eigenvalue weighted by atomic mass is 32.1. The SMILES string of the molecule is O=C(NC(Cc1ccccc1)c1cccs1)C1CCNC1. The maximum absolute atomic E-state index is 12.4. The molecule has 0 aliphatic carbocycles. The van der Waals surface area contributed by atoms with E-state index in [0.717, 1.165) is 25.9 Å². The molecule has 1 aliphatic heterocycles. The number of hydrogen-bond acceptors (Lipinski definition) is 3. The van der Waals surface area contributed by atoms with E-state index in [4.69, 9.17) is 0 Å². The van der Waals surface area contributed by atoms with Gasteiger partial charge < -0.3 is 10.6 Å². The van der Waals surface area contributed by atoms with Crippen molar-refractivity contribution in [3.05, 3.63) is 58.3 Å². The number of nitrogens with one attached hydrogen (secondary N) is 2. The van der Waals surface area contributed by atoms with Crippen LogP contribution in [0, 0.1) is 5.92 Å². The van der Waals surface area contributed by atoms with Crippen molar-refractivity contribution < 1.29 is 4.79 Å². The smallest absolute Gasteiger partial charge is 0.224 e. The Kier molecular flexibility index (Phi) is 4.68. The van der Waals surface area contributed by atoms with Gasteiger partial charge in [-0.1, -0.05) is 36.4 Å². The lowest BCUT2D eigenvalue weighted by molar-refractivity contribution is -0.125. The first kappa shape index (κ1) is 14.3. The molecule has 110 valence electrons. The summed E-state index contributed by atoms with van der Waals surface area (Å²) in [5, 5.41) is 8.56. The highest BCUT2D eigenvalue weighted by molar-refractivity contribution is 7.10. The zero-order valence-corrected chi connectivity index (χ0v) is 12.7. The van der Waals surface area contributed by atoms with Gasteiger partial charge >= 0.3 is 0 Å². The maximum atomic E-state index is 12.4. The number of rotatable bonds is 5. The van der Waals surface area contributed by atoms with Crippen molar-refractivity contribution >= 4 is 17.2 Å². The second kappa shape index (κ2) is 6.87. The molecular weight excluding hydrogens is 280 g/mol. The summed E-state index contributed by atoms with van der Waals surface area (Å²) in [6.45, 7) is 1.74. The van der Waals surface area contributed by atoms with Gasteiger partial charge in [-0.05, 0) is 36.4 Å². The van der Waals surface area contributed by atoms with Crippen LogP contribution in [0.1, 0.15) is 22.9 Å². The van der Waals surface area contributed by atoms with Gasteiger partial charge in [-0.3, -0.25) is 4.79 Å². The second-order valence-electron chi connectivity index (χ2n) is 5.46. The van der Waals surface area contributed by atoms with Gasteiger partial charge in [0.05, 0.1) is 12.0 Å². The van der Waals surface area contributed by atoms with E-state index < -0.39 is 0 Å². The summed E-state index contributed by atoms with van der Waals surface area (Å²) in [5.74, 6) is 0.289. The van der Waals surface area contributed by atoms with Crippen LogP contribution in [0.25, 0.3) is 0 Å². The molecule has 1 aromatic carbocycles. The van der Waals surface area contributed by atoms with Crippen LogP contribution in [0.15, 0.2) is 47.8 Å². The highest BCUT2D eigenvalue weighted by Gasteiger charge is 2.25. The van der Waals surface area contributed by atoms with E-state index >= 15 is 0 Å². The van der Waals surface area contributed by atoms with E-state index in [1.807, 2.05) is 24.3 Å². The van der Waals surface area contributed by atoms with Crippen molar-refractivity contribution in [2.45, 2.75) is 18.9 Å². The van der Waals surface area contributed by atoms with Gasteiger partial charge in [0.15, 0.2) is 0 Å². The van der Waals surface area contributed by atoms with E-state index in [1.165, 1.54) is 10.4 Å². The average Bonchev–Trinajstić information content (AvgIpc) is 3.21. The molecule has 1 saturated heterocycles. The Balaban J connectivity index is 1.72. The van der Waals surface area contributed by atoms with E-state index in [2.05, 4.69) is 34.2 Å². The molecule has 1 aliphatic rings.